The third-order valence-electron chi connectivity index (χ3n) is 4.52. The van der Waals surface area contributed by atoms with Gasteiger partial charge in [-0.3, -0.25) is 0 Å². The van der Waals surface area contributed by atoms with Crippen LogP contribution < -0.4 is 0 Å². The summed E-state index contributed by atoms with van der Waals surface area (Å²) >= 11 is 0. The van der Waals surface area contributed by atoms with Gasteiger partial charge < -0.3 is 19.3 Å². The number of piperidine rings is 1. The molecule has 1 aliphatic heterocycles. The van der Waals surface area contributed by atoms with Crippen molar-refractivity contribution in [3.63, 3.8) is 0 Å². The first kappa shape index (κ1) is 17.0. The number of carboxylic acid groups (broad SMARTS) is 1. The van der Waals surface area contributed by atoms with Gasteiger partial charge >= 0.3 is 12.0 Å². The highest BCUT2D eigenvalue weighted by atomic mass is 16.4. The Morgan fingerprint density at radius 2 is 1.96 bits per heavy atom. The molecule has 0 radical (unpaired) electrons. The number of hydrogen-bond acceptors (Lipinski definition) is 4. The van der Waals surface area contributed by atoms with Crippen LogP contribution in [0.1, 0.15) is 40.6 Å². The number of likely N-dealkylation sites (tertiary alicyclic amines) is 1. The van der Waals surface area contributed by atoms with E-state index in [4.69, 9.17) is 9.52 Å². The summed E-state index contributed by atoms with van der Waals surface area (Å²) in [6, 6.07) is 9.83. The van der Waals surface area contributed by atoms with Gasteiger partial charge in [0, 0.05) is 32.6 Å². The Kier molecular flexibility index (Phi) is 5.02. The molecule has 1 fully saturated rings. The van der Waals surface area contributed by atoms with Gasteiger partial charge in [0.25, 0.3) is 0 Å². The molecule has 7 nitrogen and oxygen atoms in total. The van der Waals surface area contributed by atoms with Crippen LogP contribution in [-0.4, -0.2) is 52.0 Å². The molecule has 132 valence electrons. The molecule has 1 aromatic carbocycles. The number of hydrogen-bond donors (Lipinski definition) is 1. The molecule has 2 heterocycles. The Morgan fingerprint density at radius 1 is 1.28 bits per heavy atom. The van der Waals surface area contributed by atoms with Gasteiger partial charge in [-0.1, -0.05) is 30.3 Å². The predicted molar refractivity (Wildman–Crippen MR) is 90.3 cm³/mol. The quantitative estimate of drug-likeness (QED) is 0.922. The van der Waals surface area contributed by atoms with Crippen molar-refractivity contribution in [2.75, 3.05) is 20.1 Å². The van der Waals surface area contributed by atoms with Crippen molar-refractivity contribution < 1.29 is 19.1 Å². The molecule has 1 N–H and O–H groups in total. The fraction of sp³-hybridized carbons (Fsp3) is 0.389. The van der Waals surface area contributed by atoms with Crippen LogP contribution in [0.3, 0.4) is 0 Å². The molecule has 3 rings (SSSR count). The fourth-order valence-corrected chi connectivity index (χ4v) is 3.20. The summed E-state index contributed by atoms with van der Waals surface area (Å²) in [7, 11) is 1.79. The van der Waals surface area contributed by atoms with E-state index >= 15 is 0 Å². The maximum Gasteiger partial charge on any atom is 0.358 e. The lowest BCUT2D eigenvalue weighted by Crippen LogP contribution is -2.44. The van der Waals surface area contributed by atoms with Gasteiger partial charge in [-0.05, 0) is 18.4 Å². The molecule has 0 spiro atoms. The van der Waals surface area contributed by atoms with Crippen molar-refractivity contribution >= 4 is 12.0 Å². The van der Waals surface area contributed by atoms with Gasteiger partial charge in [-0.25, -0.2) is 14.6 Å². The largest absolute Gasteiger partial charge is 0.476 e. The average Bonchev–Trinajstić information content (AvgIpc) is 3.12. The molecule has 0 saturated carbocycles. The highest BCUT2D eigenvalue weighted by molar-refractivity contribution is 5.86. The molecule has 7 heteroatoms. The molecule has 0 unspecified atom stereocenters. The Bertz CT molecular complexity index is 736. The number of carboxylic acids is 1. The Labute approximate surface area is 145 Å². The minimum atomic E-state index is -1.08. The number of aromatic carboxylic acids is 1. The lowest BCUT2D eigenvalue weighted by Gasteiger charge is -2.34. The summed E-state index contributed by atoms with van der Waals surface area (Å²) < 4.78 is 5.28. The highest BCUT2D eigenvalue weighted by Gasteiger charge is 2.30. The number of carbonyl (C=O) groups excluding carboxylic acids is 1. The molecule has 2 amide bonds. The average molecular weight is 343 g/mol. The normalized spacial score (nSPS) is 15.2. The molecule has 1 aromatic heterocycles. The van der Waals surface area contributed by atoms with Crippen LogP contribution in [-0.2, 0) is 6.54 Å². The third kappa shape index (κ3) is 3.81. The van der Waals surface area contributed by atoms with Crippen molar-refractivity contribution in [2.45, 2.75) is 25.3 Å². The van der Waals surface area contributed by atoms with E-state index in [1.165, 1.54) is 6.39 Å². The number of carbonyl (C=O) groups is 2. The standard InChI is InChI=1S/C18H21N3O4/c1-20(11-13-5-3-2-4-6-13)18(24)21-9-7-14(8-10-21)16-15(17(22)23)19-12-25-16/h2-6,12,14H,7-11H2,1H3,(H,22,23). The highest BCUT2D eigenvalue weighted by Crippen LogP contribution is 2.30. The van der Waals surface area contributed by atoms with Gasteiger partial charge in [-0.2, -0.15) is 0 Å². The zero-order valence-electron chi connectivity index (χ0n) is 14.1. The molecule has 2 aromatic rings. The van der Waals surface area contributed by atoms with E-state index in [1.54, 1.807) is 16.8 Å². The maximum absolute atomic E-state index is 12.6. The van der Waals surface area contributed by atoms with E-state index in [-0.39, 0.29) is 17.6 Å². The first-order chi connectivity index (χ1) is 12.1. The van der Waals surface area contributed by atoms with Gasteiger partial charge in [0.2, 0.25) is 0 Å². The zero-order chi connectivity index (χ0) is 17.8. The molecule has 1 saturated heterocycles. The monoisotopic (exact) mass is 343 g/mol. The van der Waals surface area contributed by atoms with Crippen LogP contribution >= 0.6 is 0 Å². The number of benzene rings is 1. The summed E-state index contributed by atoms with van der Waals surface area (Å²) in [6.45, 7) is 1.70. The van der Waals surface area contributed by atoms with Gasteiger partial charge in [0.15, 0.2) is 12.1 Å². The van der Waals surface area contributed by atoms with Crippen molar-refractivity contribution in [3.8, 4) is 0 Å². The zero-order valence-corrected chi connectivity index (χ0v) is 14.1. The van der Waals surface area contributed by atoms with E-state index in [9.17, 15) is 9.59 Å². The van der Waals surface area contributed by atoms with Crippen LogP contribution in [0.4, 0.5) is 4.79 Å². The summed E-state index contributed by atoms with van der Waals surface area (Å²) in [5, 5.41) is 9.14. The molecule has 1 aliphatic rings. The molecule has 0 bridgehead atoms. The number of oxazole rings is 1. The van der Waals surface area contributed by atoms with E-state index in [2.05, 4.69) is 4.98 Å². The first-order valence-electron chi connectivity index (χ1n) is 8.27. The number of amides is 2. The van der Waals surface area contributed by atoms with Crippen molar-refractivity contribution in [3.05, 3.63) is 53.7 Å². The van der Waals surface area contributed by atoms with Crippen LogP contribution in [0.2, 0.25) is 0 Å². The molecule has 0 atom stereocenters. The molecule has 0 aliphatic carbocycles. The second kappa shape index (κ2) is 7.38. The Morgan fingerprint density at radius 3 is 2.60 bits per heavy atom. The summed E-state index contributed by atoms with van der Waals surface area (Å²) in [6.07, 6.45) is 2.50. The predicted octanol–water partition coefficient (Wildman–Crippen LogP) is 2.80. The maximum atomic E-state index is 12.6. The Balaban J connectivity index is 1.57. The summed E-state index contributed by atoms with van der Waals surface area (Å²) in [5.41, 5.74) is 1.06. The van der Waals surface area contributed by atoms with Crippen LogP contribution in [0.25, 0.3) is 0 Å². The lowest BCUT2D eigenvalue weighted by atomic mass is 9.93. The molecule has 25 heavy (non-hydrogen) atoms. The van der Waals surface area contributed by atoms with E-state index in [0.29, 0.717) is 38.2 Å². The van der Waals surface area contributed by atoms with E-state index < -0.39 is 5.97 Å². The number of nitrogens with zero attached hydrogens (tertiary/aromatic N) is 3. The van der Waals surface area contributed by atoms with Gasteiger partial charge in [0.05, 0.1) is 0 Å². The minimum Gasteiger partial charge on any atom is -0.476 e. The summed E-state index contributed by atoms with van der Waals surface area (Å²) in [5.74, 6) is -0.681. The molecular formula is C18H21N3O4. The molecular weight excluding hydrogens is 322 g/mol. The van der Waals surface area contributed by atoms with Crippen LogP contribution in [0.15, 0.2) is 41.1 Å². The number of urea groups is 1. The van der Waals surface area contributed by atoms with Crippen LogP contribution in [0, 0.1) is 0 Å². The van der Waals surface area contributed by atoms with Gasteiger partial charge in [-0.15, -0.1) is 0 Å². The second-order valence-electron chi connectivity index (χ2n) is 6.26. The lowest BCUT2D eigenvalue weighted by molar-refractivity contribution is 0.0686. The summed E-state index contributed by atoms with van der Waals surface area (Å²) in [4.78, 5) is 31.0. The first-order valence-corrected chi connectivity index (χ1v) is 8.27. The van der Waals surface area contributed by atoms with Crippen molar-refractivity contribution in [1.29, 1.82) is 0 Å². The topological polar surface area (TPSA) is 86.9 Å². The van der Waals surface area contributed by atoms with E-state index in [0.717, 1.165) is 5.56 Å². The van der Waals surface area contributed by atoms with Gasteiger partial charge in [0.1, 0.15) is 5.76 Å². The number of aromatic nitrogens is 1. The van der Waals surface area contributed by atoms with E-state index in [1.807, 2.05) is 30.3 Å². The minimum absolute atomic E-state index is 0.0154. The van der Waals surface area contributed by atoms with Crippen molar-refractivity contribution in [1.82, 2.24) is 14.8 Å². The van der Waals surface area contributed by atoms with Crippen LogP contribution in [0.5, 0.6) is 0 Å². The fourth-order valence-electron chi connectivity index (χ4n) is 3.20. The number of rotatable bonds is 4. The second-order valence-corrected chi connectivity index (χ2v) is 6.26. The SMILES string of the molecule is CN(Cc1ccccc1)C(=O)N1CCC(c2ocnc2C(=O)O)CC1. The Hall–Kier alpha value is -2.83. The smallest absolute Gasteiger partial charge is 0.358 e. The van der Waals surface area contributed by atoms with Crippen molar-refractivity contribution in [2.24, 2.45) is 0 Å². The third-order valence-corrected chi connectivity index (χ3v) is 4.52.